The Hall–Kier alpha value is -2.01. The molecule has 7 nitrogen and oxygen atoms in total. The van der Waals surface area contributed by atoms with Crippen molar-refractivity contribution in [1.29, 1.82) is 0 Å². The van der Waals surface area contributed by atoms with Gasteiger partial charge in [-0.1, -0.05) is 25.1 Å². The number of rotatable bonds is 7. The Kier molecular flexibility index (Phi) is 9.63. The highest BCUT2D eigenvalue weighted by atomic mass is 127. The third-order valence-corrected chi connectivity index (χ3v) is 7.41. The van der Waals surface area contributed by atoms with Crippen LogP contribution in [0.2, 0.25) is 0 Å². The van der Waals surface area contributed by atoms with Crippen LogP contribution in [0.3, 0.4) is 0 Å². The fourth-order valence-electron chi connectivity index (χ4n) is 3.79. The molecule has 176 valence electrons. The first kappa shape index (κ1) is 26.2. The first-order valence-electron chi connectivity index (χ1n) is 10.4. The van der Waals surface area contributed by atoms with Gasteiger partial charge in [0.1, 0.15) is 0 Å². The van der Waals surface area contributed by atoms with Crippen LogP contribution in [-0.4, -0.2) is 58.9 Å². The molecule has 1 unspecified atom stereocenters. The van der Waals surface area contributed by atoms with Crippen molar-refractivity contribution < 1.29 is 17.9 Å². The van der Waals surface area contributed by atoms with Crippen molar-refractivity contribution in [2.75, 3.05) is 33.6 Å². The van der Waals surface area contributed by atoms with Crippen LogP contribution in [0.4, 0.5) is 0 Å². The largest absolute Gasteiger partial charge is 0.493 e. The number of halogens is 1. The second-order valence-electron chi connectivity index (χ2n) is 7.54. The van der Waals surface area contributed by atoms with Crippen LogP contribution < -0.4 is 14.8 Å². The second-order valence-corrected chi connectivity index (χ2v) is 9.57. The van der Waals surface area contributed by atoms with Crippen molar-refractivity contribution in [1.82, 2.24) is 10.2 Å². The molecule has 0 radical (unpaired) electrons. The van der Waals surface area contributed by atoms with E-state index in [1.165, 1.54) is 5.56 Å². The standard InChI is InChI=1S/C23H31N3O4S.HI/c1-5-19(16-31(27,28)20-9-7-6-8-10-20)25-23(24-2)26-12-11-17-13-21(29-3)22(30-4)14-18(17)15-26;/h6-10,13-14,19H,5,11-12,15-16H2,1-4H3,(H,24,25);1H. The number of methoxy groups -OCH3 is 2. The lowest BCUT2D eigenvalue weighted by Crippen LogP contribution is -2.49. The molecule has 0 bridgehead atoms. The zero-order valence-corrected chi connectivity index (χ0v) is 22.1. The van der Waals surface area contributed by atoms with Crippen LogP contribution >= 0.6 is 24.0 Å². The Morgan fingerprint density at radius 1 is 1.12 bits per heavy atom. The van der Waals surface area contributed by atoms with Crippen LogP contribution in [0.1, 0.15) is 24.5 Å². The van der Waals surface area contributed by atoms with E-state index in [4.69, 9.17) is 9.47 Å². The lowest BCUT2D eigenvalue weighted by molar-refractivity contribution is 0.344. The summed E-state index contributed by atoms with van der Waals surface area (Å²) in [6.07, 6.45) is 1.51. The third-order valence-electron chi connectivity index (χ3n) is 5.58. The molecule has 2 aromatic carbocycles. The summed E-state index contributed by atoms with van der Waals surface area (Å²) in [6, 6.07) is 12.4. The van der Waals surface area contributed by atoms with Gasteiger partial charge >= 0.3 is 0 Å². The predicted octanol–water partition coefficient (Wildman–Crippen LogP) is 3.51. The third kappa shape index (κ3) is 6.06. The SMILES string of the molecule is CCC(CS(=O)(=O)c1ccccc1)NC(=NC)N1CCc2cc(OC)c(OC)cc2C1.I. The highest BCUT2D eigenvalue weighted by Gasteiger charge is 2.25. The van der Waals surface area contributed by atoms with Crippen LogP contribution in [0.25, 0.3) is 0 Å². The number of sulfone groups is 1. The molecule has 32 heavy (non-hydrogen) atoms. The highest BCUT2D eigenvalue weighted by Crippen LogP contribution is 2.33. The minimum absolute atomic E-state index is 0. The molecule has 9 heteroatoms. The van der Waals surface area contributed by atoms with Gasteiger partial charge in [-0.2, -0.15) is 0 Å². The van der Waals surface area contributed by atoms with E-state index in [2.05, 4.69) is 15.2 Å². The van der Waals surface area contributed by atoms with E-state index in [0.717, 1.165) is 24.3 Å². The summed E-state index contributed by atoms with van der Waals surface area (Å²) < 4.78 is 36.5. The summed E-state index contributed by atoms with van der Waals surface area (Å²) in [5, 5.41) is 3.37. The number of nitrogens with one attached hydrogen (secondary N) is 1. The minimum atomic E-state index is -3.39. The second kappa shape index (κ2) is 11.7. The molecular formula is C23H32IN3O4S. The zero-order chi connectivity index (χ0) is 22.4. The molecule has 0 amide bonds. The molecule has 1 heterocycles. The Bertz CT molecular complexity index is 1030. The number of hydrogen-bond acceptors (Lipinski definition) is 5. The van der Waals surface area contributed by atoms with E-state index in [-0.39, 0.29) is 35.8 Å². The number of ether oxygens (including phenoxy) is 2. The van der Waals surface area contributed by atoms with Crippen LogP contribution in [0.15, 0.2) is 52.4 Å². The lowest BCUT2D eigenvalue weighted by atomic mass is 9.99. The van der Waals surface area contributed by atoms with Gasteiger partial charge in [0, 0.05) is 26.2 Å². The maximum atomic E-state index is 12.8. The number of benzene rings is 2. The lowest BCUT2D eigenvalue weighted by Gasteiger charge is -2.33. The van der Waals surface area contributed by atoms with Crippen molar-refractivity contribution in [2.45, 2.75) is 37.2 Å². The normalized spacial score (nSPS) is 14.8. The van der Waals surface area contributed by atoms with E-state index >= 15 is 0 Å². The van der Waals surface area contributed by atoms with Crippen molar-refractivity contribution in [3.8, 4) is 11.5 Å². The van der Waals surface area contributed by atoms with Gasteiger partial charge in [0.05, 0.1) is 24.9 Å². The summed E-state index contributed by atoms with van der Waals surface area (Å²) in [5.41, 5.74) is 2.37. The van der Waals surface area contributed by atoms with E-state index in [0.29, 0.717) is 29.6 Å². The molecule has 0 spiro atoms. The van der Waals surface area contributed by atoms with Crippen molar-refractivity contribution in [3.63, 3.8) is 0 Å². The maximum absolute atomic E-state index is 12.8. The number of nitrogens with zero attached hydrogens (tertiary/aromatic N) is 2. The maximum Gasteiger partial charge on any atom is 0.194 e. The van der Waals surface area contributed by atoms with Gasteiger partial charge in [0.25, 0.3) is 0 Å². The molecular weight excluding hydrogens is 541 g/mol. The Morgan fingerprint density at radius 2 is 1.75 bits per heavy atom. The van der Waals surface area contributed by atoms with E-state index < -0.39 is 9.84 Å². The summed E-state index contributed by atoms with van der Waals surface area (Å²) in [7, 11) is 1.61. The number of fused-ring (bicyclic) bond motifs is 1. The van der Waals surface area contributed by atoms with E-state index in [9.17, 15) is 8.42 Å². The summed E-state index contributed by atoms with van der Waals surface area (Å²) >= 11 is 0. The van der Waals surface area contributed by atoms with Crippen molar-refractivity contribution >= 4 is 39.8 Å². The molecule has 0 saturated carbocycles. The summed E-state index contributed by atoms with van der Waals surface area (Å²) in [6.45, 7) is 3.43. The van der Waals surface area contributed by atoms with Gasteiger partial charge in [-0.3, -0.25) is 4.99 Å². The summed E-state index contributed by atoms with van der Waals surface area (Å²) in [5.74, 6) is 2.15. The molecule has 0 aliphatic carbocycles. The summed E-state index contributed by atoms with van der Waals surface area (Å²) in [4.78, 5) is 6.92. The molecule has 0 saturated heterocycles. The predicted molar refractivity (Wildman–Crippen MR) is 138 cm³/mol. The highest BCUT2D eigenvalue weighted by molar-refractivity contribution is 14.0. The molecule has 1 aliphatic rings. The van der Waals surface area contributed by atoms with Gasteiger partial charge < -0.3 is 19.7 Å². The molecule has 1 N–H and O–H groups in total. The first-order valence-corrected chi connectivity index (χ1v) is 12.1. The van der Waals surface area contributed by atoms with Crippen LogP contribution in [0.5, 0.6) is 11.5 Å². The fraction of sp³-hybridized carbons (Fsp3) is 0.435. The molecule has 2 aromatic rings. The average molecular weight is 573 g/mol. The minimum Gasteiger partial charge on any atom is -0.493 e. The number of hydrogen-bond donors (Lipinski definition) is 1. The molecule has 1 atom stereocenters. The molecule has 0 fully saturated rings. The van der Waals surface area contributed by atoms with Crippen LogP contribution in [-0.2, 0) is 22.8 Å². The molecule has 3 rings (SSSR count). The van der Waals surface area contributed by atoms with E-state index in [1.807, 2.05) is 25.1 Å². The van der Waals surface area contributed by atoms with Gasteiger partial charge in [0.2, 0.25) is 0 Å². The number of aliphatic imine (C=N–C) groups is 1. The van der Waals surface area contributed by atoms with E-state index in [1.54, 1.807) is 45.5 Å². The monoisotopic (exact) mass is 573 g/mol. The Balaban J connectivity index is 0.00000363. The fourth-order valence-corrected chi connectivity index (χ4v) is 5.41. The average Bonchev–Trinajstić information content (AvgIpc) is 2.80. The van der Waals surface area contributed by atoms with Crippen LogP contribution in [0, 0.1) is 0 Å². The molecule has 0 aromatic heterocycles. The topological polar surface area (TPSA) is 80.2 Å². The zero-order valence-electron chi connectivity index (χ0n) is 19.0. The van der Waals surface area contributed by atoms with Gasteiger partial charge in [-0.15, -0.1) is 24.0 Å². The van der Waals surface area contributed by atoms with Crippen molar-refractivity contribution in [2.24, 2.45) is 4.99 Å². The van der Waals surface area contributed by atoms with Gasteiger partial charge in [-0.05, 0) is 48.2 Å². The van der Waals surface area contributed by atoms with Gasteiger partial charge in [0.15, 0.2) is 27.3 Å². The quantitative estimate of drug-likeness (QED) is 0.311. The van der Waals surface area contributed by atoms with Gasteiger partial charge in [-0.25, -0.2) is 8.42 Å². The first-order chi connectivity index (χ1) is 14.9. The molecule has 1 aliphatic heterocycles. The smallest absolute Gasteiger partial charge is 0.194 e. The Labute approximate surface area is 208 Å². The Morgan fingerprint density at radius 3 is 2.31 bits per heavy atom. The number of guanidine groups is 1. The van der Waals surface area contributed by atoms with Crippen molar-refractivity contribution in [3.05, 3.63) is 53.6 Å².